The van der Waals surface area contributed by atoms with E-state index in [2.05, 4.69) is 20.4 Å². The molecule has 172 valence electrons. The predicted octanol–water partition coefficient (Wildman–Crippen LogP) is 2.57. The molecule has 3 aromatic heterocycles. The average molecular weight is 455 g/mol. The fourth-order valence-electron chi connectivity index (χ4n) is 2.87. The van der Waals surface area contributed by atoms with Crippen molar-refractivity contribution in [2.75, 3.05) is 13.2 Å². The van der Waals surface area contributed by atoms with Crippen LogP contribution in [0.15, 0.2) is 30.7 Å². The first-order chi connectivity index (χ1) is 15.1. The number of aliphatic hydroxyl groups is 1. The van der Waals surface area contributed by atoms with E-state index in [1.54, 1.807) is 36.9 Å². The summed E-state index contributed by atoms with van der Waals surface area (Å²) in [6.07, 6.45) is 0.614. The van der Waals surface area contributed by atoms with Crippen molar-refractivity contribution in [3.63, 3.8) is 0 Å². The van der Waals surface area contributed by atoms with Gasteiger partial charge in [-0.05, 0) is 31.5 Å². The second-order valence-corrected chi connectivity index (χ2v) is 7.29. The topological polar surface area (TPSA) is 102 Å². The summed E-state index contributed by atoms with van der Waals surface area (Å²) in [4.78, 5) is 20.4. The van der Waals surface area contributed by atoms with E-state index in [-0.39, 0.29) is 24.7 Å². The maximum absolute atomic E-state index is 13.1. The van der Waals surface area contributed by atoms with E-state index in [1.807, 2.05) is 0 Å². The van der Waals surface area contributed by atoms with Crippen LogP contribution in [-0.4, -0.2) is 62.4 Å². The molecule has 0 fully saturated rings. The molecule has 0 aliphatic heterocycles. The normalized spacial score (nSPS) is 12.9. The third-order valence-corrected chi connectivity index (χ3v) is 4.50. The molecule has 0 saturated heterocycles. The molecule has 1 amide bonds. The SMILES string of the molecule is Cc1cc(Cn2cc3c(C(=O)N[C@@H](C)CO)nccc3n2)cnc1OCC(F)(F)C(F)F. The predicted molar refractivity (Wildman–Crippen MR) is 106 cm³/mol. The lowest BCUT2D eigenvalue weighted by Gasteiger charge is -2.16. The summed E-state index contributed by atoms with van der Waals surface area (Å²) in [7, 11) is 0. The lowest BCUT2D eigenvalue weighted by Crippen LogP contribution is -2.35. The number of carbonyl (C=O) groups excluding carboxylic acids is 1. The van der Waals surface area contributed by atoms with Crippen molar-refractivity contribution in [3.8, 4) is 5.88 Å². The number of halogens is 4. The van der Waals surface area contributed by atoms with Gasteiger partial charge in [0.2, 0.25) is 5.88 Å². The highest BCUT2D eigenvalue weighted by Gasteiger charge is 2.42. The Morgan fingerprint density at radius 2 is 2.09 bits per heavy atom. The average Bonchev–Trinajstić information content (AvgIpc) is 3.15. The molecular formula is C20H21F4N5O3. The van der Waals surface area contributed by atoms with Crippen LogP contribution < -0.4 is 10.1 Å². The number of amides is 1. The highest BCUT2D eigenvalue weighted by Crippen LogP contribution is 2.25. The minimum absolute atomic E-state index is 0.159. The first kappa shape index (κ1) is 23.4. The van der Waals surface area contributed by atoms with Gasteiger partial charge in [-0.1, -0.05) is 0 Å². The number of aliphatic hydroxyl groups excluding tert-OH is 1. The quantitative estimate of drug-likeness (QED) is 0.481. The van der Waals surface area contributed by atoms with Gasteiger partial charge in [-0.25, -0.2) is 13.8 Å². The number of fused-ring (bicyclic) bond motifs is 1. The highest BCUT2D eigenvalue weighted by atomic mass is 19.3. The van der Waals surface area contributed by atoms with Crippen LogP contribution in [0.3, 0.4) is 0 Å². The molecule has 0 aliphatic rings. The lowest BCUT2D eigenvalue weighted by atomic mass is 10.2. The molecule has 12 heteroatoms. The maximum atomic E-state index is 13.1. The molecule has 0 aliphatic carbocycles. The Morgan fingerprint density at radius 1 is 1.34 bits per heavy atom. The van der Waals surface area contributed by atoms with Gasteiger partial charge in [0.15, 0.2) is 6.61 Å². The standard InChI is InChI=1S/C20H21F4N5O3/c1-11-5-13(6-26-18(11)32-10-20(23,24)19(21)22)7-29-8-14-15(28-29)3-4-25-16(14)17(31)27-12(2)9-30/h3-6,8,12,19,30H,7,9-10H2,1-2H3,(H,27,31)/t12-/m0/s1. The van der Waals surface area contributed by atoms with E-state index in [0.717, 1.165) is 0 Å². The number of carbonyl (C=O) groups is 1. The van der Waals surface area contributed by atoms with Crippen molar-refractivity contribution in [3.05, 3.63) is 47.5 Å². The Morgan fingerprint density at radius 3 is 2.75 bits per heavy atom. The minimum Gasteiger partial charge on any atom is -0.471 e. The van der Waals surface area contributed by atoms with Gasteiger partial charge in [-0.3, -0.25) is 14.5 Å². The van der Waals surface area contributed by atoms with E-state index < -0.39 is 30.9 Å². The van der Waals surface area contributed by atoms with E-state index in [4.69, 9.17) is 9.84 Å². The molecule has 0 saturated carbocycles. The molecule has 3 heterocycles. The van der Waals surface area contributed by atoms with Crippen molar-refractivity contribution in [1.29, 1.82) is 0 Å². The number of ether oxygens (including phenoxy) is 1. The molecule has 0 aromatic carbocycles. The van der Waals surface area contributed by atoms with E-state index >= 15 is 0 Å². The Bertz CT molecular complexity index is 1110. The molecule has 3 rings (SSSR count). The first-order valence-electron chi connectivity index (χ1n) is 9.59. The summed E-state index contributed by atoms with van der Waals surface area (Å²) in [5.74, 6) is -4.88. The number of alkyl halides is 4. The Hall–Kier alpha value is -3.28. The molecule has 3 aromatic rings. The Labute approximate surface area is 180 Å². The molecule has 8 nitrogen and oxygen atoms in total. The molecule has 2 N–H and O–H groups in total. The monoisotopic (exact) mass is 455 g/mol. The Kier molecular flexibility index (Phi) is 6.92. The molecule has 0 unspecified atom stereocenters. The van der Waals surface area contributed by atoms with Gasteiger partial charge in [-0.2, -0.15) is 13.9 Å². The third-order valence-electron chi connectivity index (χ3n) is 4.50. The zero-order chi connectivity index (χ0) is 23.5. The fraction of sp³-hybridized carbons (Fsp3) is 0.400. The van der Waals surface area contributed by atoms with Crippen LogP contribution in [-0.2, 0) is 6.54 Å². The van der Waals surface area contributed by atoms with Gasteiger partial charge >= 0.3 is 12.3 Å². The van der Waals surface area contributed by atoms with Crippen molar-refractivity contribution < 1.29 is 32.2 Å². The van der Waals surface area contributed by atoms with E-state index in [1.165, 1.54) is 12.4 Å². The lowest BCUT2D eigenvalue weighted by molar-refractivity contribution is -0.148. The van der Waals surface area contributed by atoms with Gasteiger partial charge in [-0.15, -0.1) is 0 Å². The minimum atomic E-state index is -4.27. The van der Waals surface area contributed by atoms with Gasteiger partial charge in [0.05, 0.1) is 24.1 Å². The maximum Gasteiger partial charge on any atom is 0.340 e. The number of aromatic nitrogens is 4. The molecule has 0 radical (unpaired) electrons. The largest absolute Gasteiger partial charge is 0.471 e. The second-order valence-electron chi connectivity index (χ2n) is 7.29. The van der Waals surface area contributed by atoms with Crippen LogP contribution in [0.2, 0.25) is 0 Å². The van der Waals surface area contributed by atoms with Crippen LogP contribution in [0, 0.1) is 6.92 Å². The van der Waals surface area contributed by atoms with Gasteiger partial charge in [0.25, 0.3) is 5.91 Å². The van der Waals surface area contributed by atoms with Crippen molar-refractivity contribution in [1.82, 2.24) is 25.1 Å². The number of pyridine rings is 2. The third kappa shape index (κ3) is 5.31. The zero-order valence-electron chi connectivity index (χ0n) is 17.2. The smallest absolute Gasteiger partial charge is 0.340 e. The number of nitrogens with one attached hydrogen (secondary N) is 1. The van der Waals surface area contributed by atoms with Gasteiger partial charge in [0, 0.05) is 30.2 Å². The van der Waals surface area contributed by atoms with E-state index in [9.17, 15) is 22.4 Å². The molecular weight excluding hydrogens is 434 g/mol. The summed E-state index contributed by atoms with van der Waals surface area (Å²) >= 11 is 0. The molecule has 0 spiro atoms. The van der Waals surface area contributed by atoms with Crippen LogP contribution in [0.4, 0.5) is 17.6 Å². The number of nitrogens with zero attached hydrogens (tertiary/aromatic N) is 4. The summed E-state index contributed by atoms with van der Waals surface area (Å²) < 4.78 is 57.0. The van der Waals surface area contributed by atoms with Crippen LogP contribution in [0.25, 0.3) is 10.9 Å². The molecule has 0 bridgehead atoms. The number of rotatable bonds is 9. The van der Waals surface area contributed by atoms with E-state index in [0.29, 0.717) is 22.0 Å². The second kappa shape index (κ2) is 9.47. The number of hydrogen-bond donors (Lipinski definition) is 2. The molecule has 1 atom stereocenters. The fourth-order valence-corrected chi connectivity index (χ4v) is 2.87. The van der Waals surface area contributed by atoms with Gasteiger partial charge < -0.3 is 15.2 Å². The number of aryl methyl sites for hydroxylation is 1. The van der Waals surface area contributed by atoms with Crippen molar-refractivity contribution >= 4 is 16.8 Å². The van der Waals surface area contributed by atoms with Crippen LogP contribution >= 0.6 is 0 Å². The first-order valence-corrected chi connectivity index (χ1v) is 9.59. The highest BCUT2D eigenvalue weighted by molar-refractivity contribution is 6.04. The molecule has 32 heavy (non-hydrogen) atoms. The number of hydrogen-bond acceptors (Lipinski definition) is 6. The summed E-state index contributed by atoms with van der Waals surface area (Å²) in [5, 5.41) is 16.6. The summed E-state index contributed by atoms with van der Waals surface area (Å²) in [6.45, 7) is 1.76. The Balaban J connectivity index is 1.76. The van der Waals surface area contributed by atoms with Crippen molar-refractivity contribution in [2.45, 2.75) is 38.8 Å². The van der Waals surface area contributed by atoms with Crippen molar-refractivity contribution in [2.24, 2.45) is 0 Å². The van der Waals surface area contributed by atoms with Gasteiger partial charge in [0.1, 0.15) is 5.69 Å². The summed E-state index contributed by atoms with van der Waals surface area (Å²) in [5.41, 5.74) is 1.73. The van der Waals surface area contributed by atoms with Crippen LogP contribution in [0.5, 0.6) is 5.88 Å². The zero-order valence-corrected chi connectivity index (χ0v) is 17.2. The van der Waals surface area contributed by atoms with Crippen LogP contribution in [0.1, 0.15) is 28.5 Å². The summed E-state index contributed by atoms with van der Waals surface area (Å²) in [6, 6.07) is 2.82.